The van der Waals surface area contributed by atoms with E-state index in [9.17, 15) is 20.1 Å². The molecule has 0 bridgehead atoms. The highest BCUT2D eigenvalue weighted by atomic mass is 16.4. The molecule has 3 N–H and O–H groups in total. The average Bonchev–Trinajstić information content (AvgIpc) is 2.54. The minimum absolute atomic E-state index is 0.0222. The maximum Gasteiger partial charge on any atom is 0.339 e. The molecule has 1 aliphatic carbocycles. The molecule has 0 saturated heterocycles. The summed E-state index contributed by atoms with van der Waals surface area (Å²) in [5.74, 6) is -1.41. The van der Waals surface area contributed by atoms with Crippen molar-refractivity contribution in [3.05, 3.63) is 47.1 Å². The molecular formula is C21H28O4. The van der Waals surface area contributed by atoms with Gasteiger partial charge in [-0.15, -0.1) is 0 Å². The lowest BCUT2D eigenvalue weighted by molar-refractivity contribution is 0.0692. The van der Waals surface area contributed by atoms with Crippen molar-refractivity contribution in [2.24, 2.45) is 5.92 Å². The molecule has 0 aromatic heterocycles. The SMILES string of the molecule is C=C(C)[C@@H]1CC=CC(c2c(O)cc(CCCCC)c(C(=O)O)c2O)C1. The van der Waals surface area contributed by atoms with Crippen molar-refractivity contribution in [3.8, 4) is 11.5 Å². The number of aromatic carboxylic acids is 1. The van der Waals surface area contributed by atoms with Crippen LogP contribution in [-0.4, -0.2) is 21.3 Å². The number of aromatic hydroxyl groups is 2. The van der Waals surface area contributed by atoms with Gasteiger partial charge >= 0.3 is 5.97 Å². The molecule has 4 heteroatoms. The number of phenols is 2. The third-order valence-electron chi connectivity index (χ3n) is 5.06. The molecule has 0 fully saturated rings. The number of carbonyl (C=O) groups is 1. The Hall–Kier alpha value is -2.23. The van der Waals surface area contributed by atoms with Crippen LogP contribution in [0.2, 0.25) is 0 Å². The van der Waals surface area contributed by atoms with Crippen LogP contribution >= 0.6 is 0 Å². The van der Waals surface area contributed by atoms with Crippen LogP contribution in [-0.2, 0) is 6.42 Å². The number of hydrogen-bond donors (Lipinski definition) is 3. The van der Waals surface area contributed by atoms with Crippen molar-refractivity contribution in [3.63, 3.8) is 0 Å². The minimum Gasteiger partial charge on any atom is -0.507 e. The molecule has 0 radical (unpaired) electrons. The zero-order chi connectivity index (χ0) is 18.6. The zero-order valence-corrected chi connectivity index (χ0v) is 15.1. The van der Waals surface area contributed by atoms with Crippen LogP contribution in [0.5, 0.6) is 11.5 Å². The van der Waals surface area contributed by atoms with Crippen molar-refractivity contribution < 1.29 is 20.1 Å². The van der Waals surface area contributed by atoms with Crippen LogP contribution in [0.3, 0.4) is 0 Å². The van der Waals surface area contributed by atoms with Crippen molar-refractivity contribution in [2.75, 3.05) is 0 Å². The Balaban J connectivity index is 2.44. The maximum atomic E-state index is 11.7. The number of allylic oxidation sites excluding steroid dienone is 3. The normalized spacial score (nSPS) is 19.8. The molecule has 2 rings (SSSR count). The molecule has 0 heterocycles. The Kier molecular flexibility index (Phi) is 6.29. The standard InChI is InChI=1S/C21H28O4/c1-4-5-6-8-16-12-17(22)18(20(23)19(16)21(24)25)15-10-7-9-14(11-15)13(2)3/h7,10,12,14-15,22-23H,2,4-6,8-9,11H2,1,3H3,(H,24,25)/t14-,15?/m1/s1. The quantitative estimate of drug-likeness (QED) is 0.472. The molecule has 25 heavy (non-hydrogen) atoms. The molecule has 2 atom stereocenters. The van der Waals surface area contributed by atoms with E-state index in [2.05, 4.69) is 13.5 Å². The number of aryl methyl sites for hydroxylation is 1. The first-order chi connectivity index (χ1) is 11.9. The fourth-order valence-electron chi connectivity index (χ4n) is 3.59. The summed E-state index contributed by atoms with van der Waals surface area (Å²) < 4.78 is 0. The largest absolute Gasteiger partial charge is 0.507 e. The predicted molar refractivity (Wildman–Crippen MR) is 99.4 cm³/mol. The van der Waals surface area contributed by atoms with Gasteiger partial charge in [0, 0.05) is 11.5 Å². The van der Waals surface area contributed by atoms with Crippen LogP contribution in [0.4, 0.5) is 0 Å². The van der Waals surface area contributed by atoms with Crippen LogP contribution in [0, 0.1) is 5.92 Å². The molecule has 4 nitrogen and oxygen atoms in total. The average molecular weight is 344 g/mol. The van der Waals surface area contributed by atoms with Crippen molar-refractivity contribution in [1.29, 1.82) is 0 Å². The Labute approximate surface area is 149 Å². The first-order valence-electron chi connectivity index (χ1n) is 8.99. The van der Waals surface area contributed by atoms with E-state index >= 15 is 0 Å². The van der Waals surface area contributed by atoms with Crippen molar-refractivity contribution >= 4 is 5.97 Å². The number of hydrogen-bond acceptors (Lipinski definition) is 3. The smallest absolute Gasteiger partial charge is 0.339 e. The van der Waals surface area contributed by atoms with Gasteiger partial charge in [-0.25, -0.2) is 4.79 Å². The third kappa shape index (κ3) is 4.25. The molecule has 0 aliphatic heterocycles. The molecule has 1 aromatic carbocycles. The van der Waals surface area contributed by atoms with Gasteiger partial charge in [-0.3, -0.25) is 0 Å². The van der Waals surface area contributed by atoms with Crippen molar-refractivity contribution in [1.82, 2.24) is 0 Å². The number of carboxylic acids is 1. The molecule has 0 saturated carbocycles. The number of unbranched alkanes of at least 4 members (excludes halogenated alkanes) is 2. The summed E-state index contributed by atoms with van der Waals surface area (Å²) in [4.78, 5) is 11.7. The summed E-state index contributed by atoms with van der Waals surface area (Å²) in [7, 11) is 0. The van der Waals surface area contributed by atoms with E-state index in [1.165, 1.54) is 6.07 Å². The van der Waals surface area contributed by atoms with Gasteiger partial charge in [-0.2, -0.15) is 0 Å². The highest BCUT2D eigenvalue weighted by molar-refractivity contribution is 5.94. The Bertz CT molecular complexity index is 688. The number of phenolic OH excluding ortho intramolecular Hbond substituents is 1. The zero-order valence-electron chi connectivity index (χ0n) is 15.1. The van der Waals surface area contributed by atoms with Gasteiger partial charge < -0.3 is 15.3 Å². The van der Waals surface area contributed by atoms with Gasteiger partial charge in [0.1, 0.15) is 17.1 Å². The molecule has 136 valence electrons. The van der Waals surface area contributed by atoms with E-state index in [0.29, 0.717) is 24.0 Å². The van der Waals surface area contributed by atoms with E-state index in [1.54, 1.807) is 0 Å². The lowest BCUT2D eigenvalue weighted by Gasteiger charge is -2.27. The molecule has 0 spiro atoms. The molecule has 1 aromatic rings. The van der Waals surface area contributed by atoms with E-state index in [1.807, 2.05) is 19.1 Å². The molecular weight excluding hydrogens is 316 g/mol. The van der Waals surface area contributed by atoms with Gasteiger partial charge in [0.05, 0.1) is 0 Å². The second-order valence-electron chi connectivity index (χ2n) is 7.00. The minimum atomic E-state index is -1.15. The summed E-state index contributed by atoms with van der Waals surface area (Å²) in [6.07, 6.45) is 8.91. The number of carboxylic acid groups (broad SMARTS) is 1. The summed E-state index contributed by atoms with van der Waals surface area (Å²) in [6, 6.07) is 1.52. The van der Waals surface area contributed by atoms with E-state index in [-0.39, 0.29) is 28.9 Å². The van der Waals surface area contributed by atoms with Gasteiger partial charge in [-0.1, -0.05) is 44.1 Å². The number of rotatable bonds is 7. The summed E-state index contributed by atoms with van der Waals surface area (Å²) in [5, 5.41) is 30.7. The second-order valence-corrected chi connectivity index (χ2v) is 7.00. The van der Waals surface area contributed by atoms with Crippen LogP contribution < -0.4 is 0 Å². The second kappa shape index (κ2) is 8.24. The topological polar surface area (TPSA) is 77.8 Å². The highest BCUT2D eigenvalue weighted by Gasteiger charge is 2.29. The Morgan fingerprint density at radius 3 is 2.64 bits per heavy atom. The van der Waals surface area contributed by atoms with Crippen LogP contribution in [0.1, 0.15) is 73.4 Å². The van der Waals surface area contributed by atoms with Crippen LogP contribution in [0.15, 0.2) is 30.4 Å². The lowest BCUT2D eigenvalue weighted by atomic mass is 9.78. The third-order valence-corrected chi connectivity index (χ3v) is 5.06. The maximum absolute atomic E-state index is 11.7. The fourth-order valence-corrected chi connectivity index (χ4v) is 3.59. The van der Waals surface area contributed by atoms with Gasteiger partial charge in [0.2, 0.25) is 0 Å². The lowest BCUT2D eigenvalue weighted by Crippen LogP contribution is -2.13. The number of benzene rings is 1. The van der Waals surface area contributed by atoms with E-state index < -0.39 is 5.97 Å². The van der Waals surface area contributed by atoms with Gasteiger partial charge in [-0.05, 0) is 50.2 Å². The van der Waals surface area contributed by atoms with E-state index in [0.717, 1.165) is 31.3 Å². The summed E-state index contributed by atoms with van der Waals surface area (Å²) in [5.41, 5.74) is 1.80. The van der Waals surface area contributed by atoms with Crippen LogP contribution in [0.25, 0.3) is 0 Å². The predicted octanol–water partition coefficient (Wildman–Crippen LogP) is 5.15. The first kappa shape index (κ1) is 19.1. The van der Waals surface area contributed by atoms with E-state index in [4.69, 9.17) is 0 Å². The summed E-state index contributed by atoms with van der Waals surface area (Å²) in [6.45, 7) is 8.05. The molecule has 1 unspecified atom stereocenters. The first-order valence-corrected chi connectivity index (χ1v) is 8.99. The molecule has 1 aliphatic rings. The highest BCUT2D eigenvalue weighted by Crippen LogP contribution is 2.45. The Morgan fingerprint density at radius 1 is 1.32 bits per heavy atom. The summed E-state index contributed by atoms with van der Waals surface area (Å²) >= 11 is 0. The fraction of sp³-hybridized carbons (Fsp3) is 0.476. The monoisotopic (exact) mass is 344 g/mol. The molecule has 0 amide bonds. The Morgan fingerprint density at radius 2 is 2.04 bits per heavy atom. The van der Waals surface area contributed by atoms with Gasteiger partial charge in [0.15, 0.2) is 0 Å². The van der Waals surface area contributed by atoms with Crippen molar-refractivity contribution in [2.45, 2.75) is 58.3 Å². The van der Waals surface area contributed by atoms with Gasteiger partial charge in [0.25, 0.3) is 0 Å².